The Bertz CT molecular complexity index is 449. The van der Waals surface area contributed by atoms with E-state index in [1.165, 1.54) is 70.6 Å². The number of fused-ring (bicyclic) bond motifs is 3. The number of nitrogens with two attached hydrogens (primary N) is 1. The van der Waals surface area contributed by atoms with Crippen LogP contribution in [0, 0.1) is 40.9 Å². The van der Waals surface area contributed by atoms with Gasteiger partial charge in [0.15, 0.2) is 0 Å². The quantitative estimate of drug-likeness (QED) is 0.676. The first-order valence-electron chi connectivity index (χ1n) is 10.6. The maximum absolute atomic E-state index is 6.34. The Hall–Kier alpha value is -0.300. The zero-order valence-electron chi connectivity index (χ0n) is 15.2. The van der Waals surface area contributed by atoms with Crippen LogP contribution < -0.4 is 5.73 Å². The summed E-state index contributed by atoms with van der Waals surface area (Å²) in [5, 5.41) is 0. The van der Waals surface area contributed by atoms with Crippen LogP contribution in [0.2, 0.25) is 0 Å². The van der Waals surface area contributed by atoms with E-state index in [2.05, 4.69) is 13.5 Å². The van der Waals surface area contributed by atoms with Crippen molar-refractivity contribution >= 4 is 0 Å². The smallest absolute Gasteiger partial charge is 0.00149 e. The van der Waals surface area contributed by atoms with Gasteiger partial charge in [0.25, 0.3) is 0 Å². The van der Waals surface area contributed by atoms with E-state index in [1.807, 2.05) is 0 Å². The number of hydrogen-bond acceptors (Lipinski definition) is 1. The highest BCUT2D eigenvalue weighted by Crippen LogP contribution is 2.72. The minimum absolute atomic E-state index is 0.528. The van der Waals surface area contributed by atoms with Crippen LogP contribution >= 0.6 is 0 Å². The highest BCUT2D eigenvalue weighted by molar-refractivity contribution is 5.22. The Morgan fingerprint density at radius 2 is 1.87 bits per heavy atom. The van der Waals surface area contributed by atoms with Crippen molar-refractivity contribution in [1.29, 1.82) is 0 Å². The summed E-state index contributed by atoms with van der Waals surface area (Å²) in [6, 6.07) is 0. The monoisotopic (exact) mass is 315 g/mol. The summed E-state index contributed by atoms with van der Waals surface area (Å²) >= 11 is 0. The summed E-state index contributed by atoms with van der Waals surface area (Å²) in [5.74, 6) is 5.73. The molecule has 0 bridgehead atoms. The fourth-order valence-electron chi connectivity index (χ4n) is 7.51. The van der Waals surface area contributed by atoms with Crippen molar-refractivity contribution in [2.75, 3.05) is 6.54 Å². The van der Waals surface area contributed by atoms with Gasteiger partial charge in [-0.3, -0.25) is 0 Å². The lowest BCUT2D eigenvalue weighted by atomic mass is 9.78. The molecule has 0 aromatic carbocycles. The summed E-state index contributed by atoms with van der Waals surface area (Å²) < 4.78 is 0. The van der Waals surface area contributed by atoms with Crippen LogP contribution in [0.15, 0.2) is 12.2 Å². The molecule has 0 unspecified atom stereocenters. The molecular formula is C22H37N. The molecule has 4 saturated carbocycles. The molecule has 0 aromatic heterocycles. The lowest BCUT2D eigenvalue weighted by molar-refractivity contribution is 0.239. The van der Waals surface area contributed by atoms with Crippen LogP contribution in [0.4, 0.5) is 0 Å². The fraction of sp³-hybridized carbons (Fsp3) is 0.909. The van der Waals surface area contributed by atoms with Gasteiger partial charge < -0.3 is 5.73 Å². The predicted molar refractivity (Wildman–Crippen MR) is 98.0 cm³/mol. The van der Waals surface area contributed by atoms with Crippen molar-refractivity contribution in [3.05, 3.63) is 12.2 Å². The van der Waals surface area contributed by atoms with E-state index in [9.17, 15) is 0 Å². The van der Waals surface area contributed by atoms with E-state index in [4.69, 9.17) is 5.73 Å². The second kappa shape index (κ2) is 6.21. The highest BCUT2D eigenvalue weighted by Gasteiger charge is 2.67. The van der Waals surface area contributed by atoms with Gasteiger partial charge >= 0.3 is 0 Å². The molecule has 0 aromatic rings. The van der Waals surface area contributed by atoms with Crippen LogP contribution in [0.1, 0.15) is 77.6 Å². The summed E-state index contributed by atoms with van der Waals surface area (Å²) in [5.41, 5.74) is 8.48. The molecule has 4 rings (SSSR count). The molecule has 2 N–H and O–H groups in total. The molecule has 0 heterocycles. The standard InChI is InChI=1S/C22H37N/c1-3-11-22(14-23)20-10-9-15(2)18-12-17(13-19(18)21(20)22)16-7-5-4-6-8-16/h16-21H,2-14,23H2,1H3/t17-,18+,19+,20+,21-,22-/m0/s1. The zero-order valence-corrected chi connectivity index (χ0v) is 15.2. The Morgan fingerprint density at radius 1 is 1.09 bits per heavy atom. The van der Waals surface area contributed by atoms with Crippen molar-refractivity contribution < 1.29 is 0 Å². The average molecular weight is 316 g/mol. The van der Waals surface area contributed by atoms with Crippen molar-refractivity contribution in [2.24, 2.45) is 46.7 Å². The first kappa shape index (κ1) is 16.2. The third-order valence-electron chi connectivity index (χ3n) is 8.55. The lowest BCUT2D eigenvalue weighted by Gasteiger charge is -2.27. The summed E-state index contributed by atoms with van der Waals surface area (Å²) in [4.78, 5) is 0. The molecule has 0 radical (unpaired) electrons. The molecule has 0 aliphatic heterocycles. The van der Waals surface area contributed by atoms with Gasteiger partial charge in [-0.1, -0.05) is 57.6 Å². The highest BCUT2D eigenvalue weighted by atomic mass is 14.8. The topological polar surface area (TPSA) is 26.0 Å². The zero-order chi connectivity index (χ0) is 16.0. The molecule has 0 amide bonds. The Balaban J connectivity index is 1.53. The number of hydrogen-bond donors (Lipinski definition) is 1. The molecule has 130 valence electrons. The second-order valence-electron chi connectivity index (χ2n) is 9.42. The van der Waals surface area contributed by atoms with Gasteiger partial charge in [0, 0.05) is 0 Å². The van der Waals surface area contributed by atoms with Crippen LogP contribution in [0.5, 0.6) is 0 Å². The van der Waals surface area contributed by atoms with Crippen molar-refractivity contribution in [3.8, 4) is 0 Å². The molecule has 1 nitrogen and oxygen atoms in total. The third-order valence-corrected chi connectivity index (χ3v) is 8.55. The first-order valence-corrected chi connectivity index (χ1v) is 10.6. The molecular weight excluding hydrogens is 278 g/mol. The summed E-state index contributed by atoms with van der Waals surface area (Å²) in [6.07, 6.45) is 15.9. The van der Waals surface area contributed by atoms with Crippen LogP contribution in [0.3, 0.4) is 0 Å². The largest absolute Gasteiger partial charge is 0.330 e. The van der Waals surface area contributed by atoms with Gasteiger partial charge in [-0.15, -0.1) is 0 Å². The minimum atomic E-state index is 0.528. The summed E-state index contributed by atoms with van der Waals surface area (Å²) in [7, 11) is 0. The van der Waals surface area contributed by atoms with Gasteiger partial charge in [-0.05, 0) is 79.6 Å². The third kappa shape index (κ3) is 2.53. The van der Waals surface area contributed by atoms with Crippen LogP contribution in [0.25, 0.3) is 0 Å². The molecule has 1 heteroatoms. The van der Waals surface area contributed by atoms with Crippen molar-refractivity contribution in [2.45, 2.75) is 77.6 Å². The fourth-order valence-corrected chi connectivity index (χ4v) is 7.51. The first-order chi connectivity index (χ1) is 11.2. The van der Waals surface area contributed by atoms with E-state index in [0.29, 0.717) is 5.41 Å². The molecule has 0 saturated heterocycles. The van der Waals surface area contributed by atoms with Gasteiger partial charge in [0.05, 0.1) is 0 Å². The second-order valence-corrected chi connectivity index (χ2v) is 9.42. The van der Waals surface area contributed by atoms with Crippen molar-refractivity contribution in [1.82, 2.24) is 0 Å². The molecule has 4 aliphatic carbocycles. The van der Waals surface area contributed by atoms with Gasteiger partial charge in [-0.25, -0.2) is 0 Å². The predicted octanol–water partition coefficient (Wildman–Crippen LogP) is 5.55. The molecule has 4 fully saturated rings. The average Bonchev–Trinajstić information content (AvgIpc) is 3.04. The molecule has 0 spiro atoms. The van der Waals surface area contributed by atoms with Crippen molar-refractivity contribution in [3.63, 3.8) is 0 Å². The van der Waals surface area contributed by atoms with E-state index in [-0.39, 0.29) is 0 Å². The van der Waals surface area contributed by atoms with Gasteiger partial charge in [-0.2, -0.15) is 0 Å². The Labute approximate surface area is 143 Å². The maximum Gasteiger partial charge on any atom is -0.00149 e. The summed E-state index contributed by atoms with van der Waals surface area (Å²) in [6.45, 7) is 7.84. The normalized spacial score (nSPS) is 47.0. The molecule has 4 aliphatic rings. The minimum Gasteiger partial charge on any atom is -0.330 e. The maximum atomic E-state index is 6.34. The van der Waals surface area contributed by atoms with E-state index >= 15 is 0 Å². The Morgan fingerprint density at radius 3 is 2.57 bits per heavy atom. The van der Waals surface area contributed by atoms with Crippen LogP contribution in [-0.4, -0.2) is 6.54 Å². The van der Waals surface area contributed by atoms with Crippen LogP contribution in [-0.2, 0) is 0 Å². The van der Waals surface area contributed by atoms with E-state index in [1.54, 1.807) is 5.57 Å². The molecule has 6 atom stereocenters. The van der Waals surface area contributed by atoms with E-state index < -0.39 is 0 Å². The lowest BCUT2D eigenvalue weighted by Crippen LogP contribution is -2.24. The Kier molecular flexibility index (Phi) is 4.37. The SMILES string of the molecule is C=C1CC[C@@H]2[C@H]([C@@H]3C[C@@H](C4CCCCC4)C[C@H]13)[C@]2(CN)CCC. The number of allylic oxidation sites excluding steroid dienone is 1. The number of rotatable bonds is 4. The van der Waals surface area contributed by atoms with Gasteiger partial charge in [0.2, 0.25) is 0 Å². The van der Waals surface area contributed by atoms with E-state index in [0.717, 1.165) is 42.1 Å². The van der Waals surface area contributed by atoms with Gasteiger partial charge in [0.1, 0.15) is 0 Å². The molecule has 23 heavy (non-hydrogen) atoms.